The van der Waals surface area contributed by atoms with E-state index >= 15 is 0 Å². The molecule has 0 aliphatic carbocycles. The molecular formula is C17H14BrNO4S. The number of carbonyl (C=O) groups is 3. The smallest absolute Gasteiger partial charge is 0.331 e. The van der Waals surface area contributed by atoms with Crippen LogP contribution in [0.4, 0.5) is 5.69 Å². The second-order valence-corrected chi connectivity index (χ2v) is 7.26. The van der Waals surface area contributed by atoms with Gasteiger partial charge in [-0.2, -0.15) is 0 Å². The lowest BCUT2D eigenvalue weighted by Gasteiger charge is -2.05. The molecule has 24 heavy (non-hydrogen) atoms. The van der Waals surface area contributed by atoms with Gasteiger partial charge in [0.25, 0.3) is 5.91 Å². The third-order valence-electron chi connectivity index (χ3n) is 2.90. The highest BCUT2D eigenvalue weighted by atomic mass is 79.9. The Morgan fingerprint density at radius 2 is 1.88 bits per heavy atom. The van der Waals surface area contributed by atoms with Gasteiger partial charge in [-0.05, 0) is 65.3 Å². The van der Waals surface area contributed by atoms with Crippen molar-refractivity contribution in [1.82, 2.24) is 0 Å². The molecule has 2 rings (SSSR count). The molecular weight excluding hydrogens is 394 g/mol. The molecule has 1 aromatic carbocycles. The number of nitrogens with one attached hydrogen (secondary N) is 1. The molecule has 124 valence electrons. The molecule has 0 unspecified atom stereocenters. The first-order chi connectivity index (χ1) is 11.4. The summed E-state index contributed by atoms with van der Waals surface area (Å²) in [4.78, 5) is 35.4. The summed E-state index contributed by atoms with van der Waals surface area (Å²) in [7, 11) is 0. The molecule has 0 saturated carbocycles. The summed E-state index contributed by atoms with van der Waals surface area (Å²) < 4.78 is 5.83. The van der Waals surface area contributed by atoms with Crippen LogP contribution in [0.3, 0.4) is 0 Å². The Balaban J connectivity index is 1.79. The molecule has 1 amide bonds. The van der Waals surface area contributed by atoms with Gasteiger partial charge in [-0.3, -0.25) is 9.59 Å². The molecule has 0 fully saturated rings. The van der Waals surface area contributed by atoms with Crippen LogP contribution in [0.15, 0.2) is 46.3 Å². The Morgan fingerprint density at radius 3 is 2.46 bits per heavy atom. The second kappa shape index (κ2) is 8.56. The van der Waals surface area contributed by atoms with Gasteiger partial charge in [-0.15, -0.1) is 11.3 Å². The predicted molar refractivity (Wildman–Crippen MR) is 97.1 cm³/mol. The van der Waals surface area contributed by atoms with Gasteiger partial charge < -0.3 is 10.1 Å². The van der Waals surface area contributed by atoms with E-state index in [4.69, 9.17) is 4.74 Å². The first-order valence-electron chi connectivity index (χ1n) is 6.95. The second-order valence-electron chi connectivity index (χ2n) is 4.76. The molecule has 0 spiro atoms. The van der Waals surface area contributed by atoms with E-state index < -0.39 is 11.9 Å². The number of hydrogen-bond acceptors (Lipinski definition) is 5. The van der Waals surface area contributed by atoms with E-state index in [0.717, 1.165) is 8.66 Å². The zero-order valence-corrected chi connectivity index (χ0v) is 15.1. The largest absolute Gasteiger partial charge is 0.452 e. The minimum absolute atomic E-state index is 0.0497. The normalized spacial score (nSPS) is 10.6. The average Bonchev–Trinajstić information content (AvgIpc) is 2.97. The van der Waals surface area contributed by atoms with Gasteiger partial charge in [0.15, 0.2) is 12.4 Å². The Hall–Kier alpha value is -2.25. The fraction of sp³-hybridized carbons (Fsp3) is 0.118. The maximum absolute atomic E-state index is 11.7. The first kappa shape index (κ1) is 18.1. The lowest BCUT2D eigenvalue weighted by molar-refractivity contribution is -0.142. The number of ether oxygens (including phenoxy) is 1. The third kappa shape index (κ3) is 5.75. The van der Waals surface area contributed by atoms with Gasteiger partial charge >= 0.3 is 5.97 Å². The van der Waals surface area contributed by atoms with Crippen molar-refractivity contribution in [3.8, 4) is 0 Å². The number of esters is 1. The van der Waals surface area contributed by atoms with E-state index in [1.165, 1.54) is 24.3 Å². The van der Waals surface area contributed by atoms with Crippen LogP contribution in [0.2, 0.25) is 0 Å². The van der Waals surface area contributed by atoms with Gasteiger partial charge in [0.1, 0.15) is 0 Å². The van der Waals surface area contributed by atoms with E-state index in [9.17, 15) is 14.4 Å². The molecule has 5 nitrogen and oxygen atoms in total. The molecule has 1 aromatic heterocycles. The van der Waals surface area contributed by atoms with Crippen molar-refractivity contribution >= 4 is 56.7 Å². The predicted octanol–water partition coefficient (Wildman–Crippen LogP) is 3.91. The zero-order valence-electron chi connectivity index (χ0n) is 12.7. The Morgan fingerprint density at radius 1 is 1.17 bits per heavy atom. The van der Waals surface area contributed by atoms with Crippen molar-refractivity contribution in [3.05, 3.63) is 56.7 Å². The summed E-state index contributed by atoms with van der Waals surface area (Å²) in [5, 5.41) is 2.58. The number of hydrogen-bond donors (Lipinski definition) is 1. The Kier molecular flexibility index (Phi) is 6.45. The zero-order chi connectivity index (χ0) is 17.5. The Bertz CT molecular complexity index is 780. The summed E-state index contributed by atoms with van der Waals surface area (Å²) in [5.41, 5.74) is 1.09. The molecule has 2 aromatic rings. The van der Waals surface area contributed by atoms with Gasteiger partial charge in [0, 0.05) is 22.2 Å². The minimum Gasteiger partial charge on any atom is -0.452 e. The number of thiophene rings is 1. The van der Waals surface area contributed by atoms with E-state index in [0.29, 0.717) is 11.3 Å². The highest BCUT2D eigenvalue weighted by molar-refractivity contribution is 9.11. The highest BCUT2D eigenvalue weighted by Crippen LogP contribution is 2.22. The van der Waals surface area contributed by atoms with E-state index in [2.05, 4.69) is 21.2 Å². The van der Waals surface area contributed by atoms with Crippen LogP contribution in [0.25, 0.3) is 6.08 Å². The van der Waals surface area contributed by atoms with Crippen molar-refractivity contribution in [2.24, 2.45) is 0 Å². The minimum atomic E-state index is -0.596. The molecule has 0 saturated heterocycles. The topological polar surface area (TPSA) is 72.5 Å². The van der Waals surface area contributed by atoms with Crippen LogP contribution in [0.1, 0.15) is 22.2 Å². The number of halogens is 1. The lowest BCUT2D eigenvalue weighted by Crippen LogP contribution is -2.20. The summed E-state index contributed by atoms with van der Waals surface area (Å²) in [6, 6.07) is 10.2. The SMILES string of the molecule is CC(=O)c1ccc(NC(=O)COC(=O)/C=C/c2ccc(Br)s2)cc1. The van der Waals surface area contributed by atoms with Crippen LogP contribution >= 0.6 is 27.3 Å². The van der Waals surface area contributed by atoms with Crippen molar-refractivity contribution in [2.75, 3.05) is 11.9 Å². The Labute approximate surface area is 151 Å². The fourth-order valence-corrected chi connectivity index (χ4v) is 3.06. The number of benzene rings is 1. The van der Waals surface area contributed by atoms with Crippen LogP contribution in [-0.2, 0) is 14.3 Å². The maximum Gasteiger partial charge on any atom is 0.331 e. The number of Topliss-reactive ketones (excluding diaryl/α,β-unsaturated/α-hetero) is 1. The van der Waals surface area contributed by atoms with Crippen LogP contribution in [0, 0.1) is 0 Å². The van der Waals surface area contributed by atoms with E-state index in [1.54, 1.807) is 30.3 Å². The molecule has 1 N–H and O–H groups in total. The summed E-state index contributed by atoms with van der Waals surface area (Å²) in [6.07, 6.45) is 2.89. The van der Waals surface area contributed by atoms with Crippen molar-refractivity contribution < 1.29 is 19.1 Å². The van der Waals surface area contributed by atoms with Gasteiger partial charge in [0.2, 0.25) is 0 Å². The fourth-order valence-electron chi connectivity index (χ4n) is 1.74. The van der Waals surface area contributed by atoms with Crippen molar-refractivity contribution in [1.29, 1.82) is 0 Å². The summed E-state index contributed by atoms with van der Waals surface area (Å²) in [6.45, 7) is 1.08. The van der Waals surface area contributed by atoms with E-state index in [-0.39, 0.29) is 12.4 Å². The van der Waals surface area contributed by atoms with Gasteiger partial charge in [-0.25, -0.2) is 4.79 Å². The van der Waals surface area contributed by atoms with Crippen LogP contribution in [0.5, 0.6) is 0 Å². The highest BCUT2D eigenvalue weighted by Gasteiger charge is 2.06. The number of rotatable bonds is 6. The molecule has 0 atom stereocenters. The summed E-state index contributed by atoms with van der Waals surface area (Å²) in [5.74, 6) is -1.10. The van der Waals surface area contributed by atoms with Gasteiger partial charge in [0.05, 0.1) is 3.79 Å². The molecule has 7 heteroatoms. The molecule has 1 heterocycles. The van der Waals surface area contributed by atoms with Crippen LogP contribution in [-0.4, -0.2) is 24.3 Å². The standard InChI is InChI=1S/C17H14BrNO4S/c1-11(20)12-2-4-13(5-3-12)19-16(21)10-23-17(22)9-7-14-6-8-15(18)24-14/h2-9H,10H2,1H3,(H,19,21)/b9-7+. The first-order valence-corrected chi connectivity index (χ1v) is 8.56. The van der Waals surface area contributed by atoms with Crippen molar-refractivity contribution in [2.45, 2.75) is 6.92 Å². The number of ketones is 1. The van der Waals surface area contributed by atoms with Gasteiger partial charge in [-0.1, -0.05) is 0 Å². The number of anilines is 1. The third-order valence-corrected chi connectivity index (χ3v) is 4.49. The molecule has 0 radical (unpaired) electrons. The lowest BCUT2D eigenvalue weighted by atomic mass is 10.1. The van der Waals surface area contributed by atoms with Crippen molar-refractivity contribution in [3.63, 3.8) is 0 Å². The monoisotopic (exact) mass is 407 g/mol. The molecule has 0 aliphatic heterocycles. The average molecular weight is 408 g/mol. The van der Waals surface area contributed by atoms with E-state index in [1.807, 2.05) is 12.1 Å². The summed E-state index contributed by atoms with van der Waals surface area (Å²) >= 11 is 4.81. The molecule has 0 aliphatic rings. The van der Waals surface area contributed by atoms with Crippen LogP contribution < -0.4 is 5.32 Å². The molecule has 0 bridgehead atoms. The quantitative estimate of drug-likeness (QED) is 0.447. The maximum atomic E-state index is 11.7. The number of carbonyl (C=O) groups excluding carboxylic acids is 3. The number of amides is 1.